The van der Waals surface area contributed by atoms with Crippen molar-refractivity contribution in [3.05, 3.63) is 45.4 Å². The van der Waals surface area contributed by atoms with Crippen molar-refractivity contribution in [2.24, 2.45) is 11.7 Å². The van der Waals surface area contributed by atoms with Crippen LogP contribution in [0.2, 0.25) is 0 Å². The zero-order chi connectivity index (χ0) is 14.5. The van der Waals surface area contributed by atoms with Crippen LogP contribution in [0.1, 0.15) is 35.0 Å². The predicted octanol–water partition coefficient (Wildman–Crippen LogP) is 4.40. The second-order valence-corrected chi connectivity index (χ2v) is 7.52. The summed E-state index contributed by atoms with van der Waals surface area (Å²) in [6.07, 6.45) is 1.03. The minimum atomic E-state index is 0.606. The fraction of sp³-hybridized carbons (Fsp3) is 0.438. The standard InChI is InChI=1S/C16H22N2S2/c1-11(2)8-13-15(9-17)20-16(18-13)10-19-14-7-5-4-6-12(14)3/h4-7,11H,8-10,17H2,1-3H3. The number of hydrogen-bond acceptors (Lipinski definition) is 4. The molecule has 2 N–H and O–H groups in total. The van der Waals surface area contributed by atoms with Gasteiger partial charge in [0.15, 0.2) is 0 Å². The summed E-state index contributed by atoms with van der Waals surface area (Å²) in [5.41, 5.74) is 8.37. The lowest BCUT2D eigenvalue weighted by Crippen LogP contribution is -2.02. The first-order valence-electron chi connectivity index (χ1n) is 6.96. The summed E-state index contributed by atoms with van der Waals surface area (Å²) in [4.78, 5) is 7.37. The van der Waals surface area contributed by atoms with E-state index in [1.54, 1.807) is 11.3 Å². The van der Waals surface area contributed by atoms with E-state index >= 15 is 0 Å². The molecular formula is C16H22N2S2. The monoisotopic (exact) mass is 306 g/mol. The van der Waals surface area contributed by atoms with Crippen LogP contribution in [0, 0.1) is 12.8 Å². The molecule has 0 saturated carbocycles. The van der Waals surface area contributed by atoms with Gasteiger partial charge in [-0.05, 0) is 30.9 Å². The number of rotatable bonds is 6. The molecule has 0 aliphatic carbocycles. The van der Waals surface area contributed by atoms with Gasteiger partial charge in [0.1, 0.15) is 5.01 Å². The second-order valence-electron chi connectivity index (χ2n) is 5.33. The largest absolute Gasteiger partial charge is 0.326 e. The molecule has 4 heteroatoms. The highest BCUT2D eigenvalue weighted by Crippen LogP contribution is 2.29. The number of aryl methyl sites for hydroxylation is 1. The minimum Gasteiger partial charge on any atom is -0.326 e. The molecule has 1 aromatic heterocycles. The van der Waals surface area contributed by atoms with Crippen LogP contribution in [0.4, 0.5) is 0 Å². The van der Waals surface area contributed by atoms with Gasteiger partial charge in [-0.1, -0.05) is 32.0 Å². The molecule has 1 heterocycles. The Labute approximate surface area is 129 Å². The van der Waals surface area contributed by atoms with Crippen molar-refractivity contribution in [3.63, 3.8) is 0 Å². The maximum Gasteiger partial charge on any atom is 0.103 e. The molecule has 20 heavy (non-hydrogen) atoms. The summed E-state index contributed by atoms with van der Waals surface area (Å²) in [5, 5.41) is 1.19. The summed E-state index contributed by atoms with van der Waals surface area (Å²) < 4.78 is 0. The lowest BCUT2D eigenvalue weighted by atomic mass is 10.1. The molecule has 1 aromatic carbocycles. The van der Waals surface area contributed by atoms with Crippen LogP contribution in [0.25, 0.3) is 0 Å². The molecule has 2 rings (SSSR count). The number of benzene rings is 1. The van der Waals surface area contributed by atoms with E-state index in [0.29, 0.717) is 12.5 Å². The van der Waals surface area contributed by atoms with Crippen molar-refractivity contribution in [1.82, 2.24) is 4.98 Å². The van der Waals surface area contributed by atoms with Crippen molar-refractivity contribution in [3.8, 4) is 0 Å². The van der Waals surface area contributed by atoms with E-state index in [1.807, 2.05) is 11.8 Å². The van der Waals surface area contributed by atoms with Gasteiger partial charge in [-0.25, -0.2) is 4.98 Å². The number of aromatic nitrogens is 1. The molecule has 0 unspecified atom stereocenters. The van der Waals surface area contributed by atoms with Gasteiger partial charge in [0.25, 0.3) is 0 Å². The van der Waals surface area contributed by atoms with Crippen molar-refractivity contribution in [1.29, 1.82) is 0 Å². The molecular weight excluding hydrogens is 284 g/mol. The highest BCUT2D eigenvalue weighted by molar-refractivity contribution is 7.98. The van der Waals surface area contributed by atoms with E-state index < -0.39 is 0 Å². The fourth-order valence-electron chi connectivity index (χ4n) is 2.06. The van der Waals surface area contributed by atoms with Gasteiger partial charge in [-0.2, -0.15) is 0 Å². The molecule has 0 radical (unpaired) electrons. The Morgan fingerprint density at radius 2 is 2.05 bits per heavy atom. The second kappa shape index (κ2) is 7.25. The van der Waals surface area contributed by atoms with Gasteiger partial charge in [0.2, 0.25) is 0 Å². The average molecular weight is 306 g/mol. The van der Waals surface area contributed by atoms with Crippen LogP contribution < -0.4 is 5.73 Å². The maximum atomic E-state index is 5.83. The first-order chi connectivity index (χ1) is 9.60. The Morgan fingerprint density at radius 1 is 1.30 bits per heavy atom. The van der Waals surface area contributed by atoms with Crippen LogP contribution in [0.15, 0.2) is 29.2 Å². The normalized spacial score (nSPS) is 11.2. The Bertz CT molecular complexity index is 561. The minimum absolute atomic E-state index is 0.606. The number of thioether (sulfide) groups is 1. The first kappa shape index (κ1) is 15.5. The molecule has 2 aromatic rings. The topological polar surface area (TPSA) is 38.9 Å². The lowest BCUT2D eigenvalue weighted by Gasteiger charge is -2.03. The zero-order valence-corrected chi connectivity index (χ0v) is 14.0. The van der Waals surface area contributed by atoms with E-state index in [0.717, 1.165) is 12.2 Å². The van der Waals surface area contributed by atoms with Crippen LogP contribution in [0.3, 0.4) is 0 Å². The van der Waals surface area contributed by atoms with E-state index in [2.05, 4.69) is 45.0 Å². The summed E-state index contributed by atoms with van der Waals surface area (Å²) >= 11 is 3.63. The molecule has 108 valence electrons. The highest BCUT2D eigenvalue weighted by Gasteiger charge is 2.12. The van der Waals surface area contributed by atoms with E-state index in [1.165, 1.54) is 26.0 Å². The summed E-state index contributed by atoms with van der Waals surface area (Å²) in [6.45, 7) is 7.21. The lowest BCUT2D eigenvalue weighted by molar-refractivity contribution is 0.633. The summed E-state index contributed by atoms with van der Waals surface area (Å²) in [5.74, 6) is 1.56. The number of nitrogens with two attached hydrogens (primary N) is 1. The highest BCUT2D eigenvalue weighted by atomic mass is 32.2. The Morgan fingerprint density at radius 3 is 2.70 bits per heavy atom. The molecule has 0 atom stereocenters. The quantitative estimate of drug-likeness (QED) is 0.804. The average Bonchev–Trinajstić information content (AvgIpc) is 2.79. The molecule has 0 bridgehead atoms. The van der Waals surface area contributed by atoms with Crippen LogP contribution >= 0.6 is 23.1 Å². The van der Waals surface area contributed by atoms with Crippen molar-refractivity contribution >= 4 is 23.1 Å². The first-order valence-corrected chi connectivity index (χ1v) is 8.76. The third kappa shape index (κ3) is 4.08. The molecule has 0 aliphatic heterocycles. The Balaban J connectivity index is 2.06. The van der Waals surface area contributed by atoms with Gasteiger partial charge in [-0.15, -0.1) is 23.1 Å². The van der Waals surface area contributed by atoms with E-state index in [-0.39, 0.29) is 0 Å². The number of thiazole rings is 1. The van der Waals surface area contributed by atoms with Crippen LogP contribution in [-0.4, -0.2) is 4.98 Å². The summed E-state index contributed by atoms with van der Waals surface area (Å²) in [7, 11) is 0. The fourth-order valence-corrected chi connectivity index (χ4v) is 4.06. The van der Waals surface area contributed by atoms with E-state index in [9.17, 15) is 0 Å². The number of hydrogen-bond donors (Lipinski definition) is 1. The van der Waals surface area contributed by atoms with Crippen LogP contribution in [0.5, 0.6) is 0 Å². The Hall–Kier alpha value is -0.840. The number of nitrogens with zero attached hydrogens (tertiary/aromatic N) is 1. The van der Waals surface area contributed by atoms with Crippen molar-refractivity contribution in [2.45, 2.75) is 44.4 Å². The zero-order valence-electron chi connectivity index (χ0n) is 12.3. The molecule has 0 spiro atoms. The van der Waals surface area contributed by atoms with Crippen molar-refractivity contribution < 1.29 is 0 Å². The molecule has 0 amide bonds. The third-order valence-corrected chi connectivity index (χ3v) is 5.54. The van der Waals surface area contributed by atoms with Gasteiger partial charge in [-0.3, -0.25) is 0 Å². The maximum absolute atomic E-state index is 5.83. The third-order valence-electron chi connectivity index (χ3n) is 3.05. The van der Waals surface area contributed by atoms with Gasteiger partial charge < -0.3 is 5.73 Å². The molecule has 0 saturated heterocycles. The smallest absolute Gasteiger partial charge is 0.103 e. The molecule has 0 aliphatic rings. The SMILES string of the molecule is Cc1ccccc1SCc1nc(CC(C)C)c(CN)s1. The van der Waals surface area contributed by atoms with Crippen LogP contribution in [-0.2, 0) is 18.7 Å². The van der Waals surface area contributed by atoms with Gasteiger partial charge >= 0.3 is 0 Å². The molecule has 2 nitrogen and oxygen atoms in total. The summed E-state index contributed by atoms with van der Waals surface area (Å²) in [6, 6.07) is 8.49. The molecule has 0 fully saturated rings. The van der Waals surface area contributed by atoms with Crippen molar-refractivity contribution in [2.75, 3.05) is 0 Å². The van der Waals surface area contributed by atoms with Gasteiger partial charge in [0.05, 0.1) is 11.4 Å². The Kier molecular flexibility index (Phi) is 5.64. The van der Waals surface area contributed by atoms with Gasteiger partial charge in [0, 0.05) is 16.3 Å². The van der Waals surface area contributed by atoms with E-state index in [4.69, 9.17) is 10.7 Å². The predicted molar refractivity (Wildman–Crippen MR) is 89.3 cm³/mol.